The molecule has 2 aromatic carbocycles. The lowest BCUT2D eigenvalue weighted by atomic mass is 10.1. The molecule has 1 heterocycles. The van der Waals surface area contributed by atoms with Crippen molar-refractivity contribution in [2.75, 3.05) is 5.32 Å². The maximum absolute atomic E-state index is 14.5. The molecule has 0 saturated heterocycles. The van der Waals surface area contributed by atoms with E-state index in [0.29, 0.717) is 10.8 Å². The number of benzene rings is 2. The average molecular weight is 372 g/mol. The Balaban J connectivity index is 1.98. The van der Waals surface area contributed by atoms with E-state index in [1.165, 1.54) is 24.4 Å². The van der Waals surface area contributed by atoms with Crippen molar-refractivity contribution in [1.82, 2.24) is 4.98 Å². The van der Waals surface area contributed by atoms with E-state index in [0.717, 1.165) is 5.56 Å². The minimum absolute atomic E-state index is 0.0982. The van der Waals surface area contributed by atoms with Crippen LogP contribution in [0, 0.1) is 5.82 Å². The normalized spacial score (nSPS) is 10.4. The number of primary amides is 1. The number of hydrogen-bond donors (Lipinski definition) is 2. The number of urea groups is 1. The zero-order chi connectivity index (χ0) is 18.5. The molecule has 0 atom stereocenters. The van der Waals surface area contributed by atoms with Crippen LogP contribution in [0.2, 0.25) is 5.02 Å². The summed E-state index contributed by atoms with van der Waals surface area (Å²) in [7, 11) is 0. The van der Waals surface area contributed by atoms with Crippen molar-refractivity contribution in [3.05, 3.63) is 77.2 Å². The number of nitrogens with one attached hydrogen (secondary N) is 1. The Bertz CT molecular complexity index is 950. The van der Waals surface area contributed by atoms with Gasteiger partial charge in [-0.05, 0) is 30.3 Å². The highest BCUT2D eigenvalue weighted by Gasteiger charge is 2.18. The first-order chi connectivity index (χ1) is 12.6. The van der Waals surface area contributed by atoms with Crippen LogP contribution in [0.5, 0.6) is 5.75 Å². The number of carbonyl (C=O) groups is 1. The zero-order valence-electron chi connectivity index (χ0n) is 13.6. The second kappa shape index (κ2) is 7.84. The molecule has 3 aromatic rings. The Labute approximate surface area is 154 Å². The highest BCUT2D eigenvalue weighted by molar-refractivity contribution is 6.31. The maximum atomic E-state index is 14.5. The van der Waals surface area contributed by atoms with Crippen LogP contribution in [0.3, 0.4) is 0 Å². The highest BCUT2D eigenvalue weighted by atomic mass is 35.5. The van der Waals surface area contributed by atoms with Crippen molar-refractivity contribution in [2.24, 2.45) is 5.73 Å². The van der Waals surface area contributed by atoms with E-state index in [1.54, 1.807) is 18.2 Å². The number of carbonyl (C=O) groups excluding carboxylic acids is 1. The van der Waals surface area contributed by atoms with Gasteiger partial charge in [-0.3, -0.25) is 4.98 Å². The van der Waals surface area contributed by atoms with E-state index >= 15 is 0 Å². The van der Waals surface area contributed by atoms with Gasteiger partial charge in [0.1, 0.15) is 23.9 Å². The van der Waals surface area contributed by atoms with Crippen LogP contribution in [0.1, 0.15) is 5.56 Å². The van der Waals surface area contributed by atoms with Gasteiger partial charge in [0, 0.05) is 16.8 Å². The molecule has 3 N–H and O–H groups in total. The first-order valence-corrected chi connectivity index (χ1v) is 8.10. The van der Waals surface area contributed by atoms with E-state index in [4.69, 9.17) is 22.1 Å². The number of aromatic nitrogens is 1. The number of nitrogens with two attached hydrogens (primary N) is 1. The first kappa shape index (κ1) is 17.7. The molecule has 2 amide bonds. The molecule has 132 valence electrons. The Morgan fingerprint density at radius 2 is 1.96 bits per heavy atom. The SMILES string of the molecule is NC(=O)Nc1cccc(F)c1-c1ncccc1OCc1ccccc1Cl. The largest absolute Gasteiger partial charge is 0.487 e. The Morgan fingerprint density at radius 1 is 1.15 bits per heavy atom. The molecule has 1 aromatic heterocycles. The van der Waals surface area contributed by atoms with Gasteiger partial charge in [0.15, 0.2) is 0 Å². The summed E-state index contributed by atoms with van der Waals surface area (Å²) in [4.78, 5) is 15.4. The predicted octanol–water partition coefficient (Wildman–Crippen LogP) is 4.61. The van der Waals surface area contributed by atoms with Crippen LogP contribution >= 0.6 is 11.6 Å². The van der Waals surface area contributed by atoms with Crippen molar-refractivity contribution in [2.45, 2.75) is 6.61 Å². The molecule has 5 nitrogen and oxygen atoms in total. The molecule has 0 aliphatic heterocycles. The monoisotopic (exact) mass is 371 g/mol. The topological polar surface area (TPSA) is 77.2 Å². The van der Waals surface area contributed by atoms with Crippen LogP contribution in [0.15, 0.2) is 60.8 Å². The van der Waals surface area contributed by atoms with Crippen LogP contribution in [-0.2, 0) is 6.61 Å². The van der Waals surface area contributed by atoms with E-state index in [2.05, 4.69) is 10.3 Å². The van der Waals surface area contributed by atoms with Gasteiger partial charge in [0.05, 0.1) is 11.3 Å². The van der Waals surface area contributed by atoms with Gasteiger partial charge in [0.2, 0.25) is 0 Å². The number of nitrogens with zero attached hydrogens (tertiary/aromatic N) is 1. The lowest BCUT2D eigenvalue weighted by molar-refractivity contribution is 0.259. The minimum atomic E-state index is -0.800. The minimum Gasteiger partial charge on any atom is -0.487 e. The Kier molecular flexibility index (Phi) is 5.34. The number of ether oxygens (including phenoxy) is 1. The fourth-order valence-electron chi connectivity index (χ4n) is 2.47. The summed E-state index contributed by atoms with van der Waals surface area (Å²) >= 11 is 6.14. The number of rotatable bonds is 5. The van der Waals surface area contributed by atoms with Crippen molar-refractivity contribution in [3.63, 3.8) is 0 Å². The van der Waals surface area contributed by atoms with Gasteiger partial charge in [-0.2, -0.15) is 0 Å². The number of pyridine rings is 1. The summed E-state index contributed by atoms with van der Waals surface area (Å²) < 4.78 is 20.3. The molecular formula is C19H15ClFN3O2. The fourth-order valence-corrected chi connectivity index (χ4v) is 2.66. The second-order valence-corrected chi connectivity index (χ2v) is 5.79. The third-order valence-electron chi connectivity index (χ3n) is 3.62. The first-order valence-electron chi connectivity index (χ1n) is 7.73. The smallest absolute Gasteiger partial charge is 0.316 e. The van der Waals surface area contributed by atoms with E-state index in [1.807, 2.05) is 18.2 Å². The van der Waals surface area contributed by atoms with Gasteiger partial charge < -0.3 is 15.8 Å². The van der Waals surface area contributed by atoms with Crippen molar-refractivity contribution >= 4 is 23.3 Å². The third-order valence-corrected chi connectivity index (χ3v) is 3.99. The summed E-state index contributed by atoms with van der Waals surface area (Å²) in [6, 6.07) is 14.1. The molecule has 0 unspecified atom stereocenters. The van der Waals surface area contributed by atoms with Gasteiger partial charge in [0.25, 0.3) is 0 Å². The molecule has 0 aliphatic rings. The van der Waals surface area contributed by atoms with Crippen LogP contribution in [0.25, 0.3) is 11.3 Å². The number of halogens is 2. The van der Waals surface area contributed by atoms with Gasteiger partial charge >= 0.3 is 6.03 Å². The van der Waals surface area contributed by atoms with Crippen molar-refractivity contribution in [3.8, 4) is 17.0 Å². The molecule has 7 heteroatoms. The van der Waals surface area contributed by atoms with Crippen LogP contribution in [0.4, 0.5) is 14.9 Å². The lowest BCUT2D eigenvalue weighted by Crippen LogP contribution is -2.20. The van der Waals surface area contributed by atoms with Gasteiger partial charge in [-0.25, -0.2) is 9.18 Å². The van der Waals surface area contributed by atoms with Gasteiger partial charge in [-0.1, -0.05) is 35.9 Å². The van der Waals surface area contributed by atoms with E-state index < -0.39 is 11.8 Å². The van der Waals surface area contributed by atoms with Crippen molar-refractivity contribution in [1.29, 1.82) is 0 Å². The summed E-state index contributed by atoms with van der Waals surface area (Å²) in [5, 5.41) is 2.97. The van der Waals surface area contributed by atoms with Crippen molar-refractivity contribution < 1.29 is 13.9 Å². The summed E-state index contributed by atoms with van der Waals surface area (Å²) in [5.74, 6) is -0.206. The molecule has 0 spiro atoms. The second-order valence-electron chi connectivity index (χ2n) is 5.38. The van der Waals surface area contributed by atoms with Crippen LogP contribution in [-0.4, -0.2) is 11.0 Å². The Morgan fingerprint density at radius 3 is 2.73 bits per heavy atom. The number of anilines is 1. The number of hydrogen-bond acceptors (Lipinski definition) is 3. The molecule has 0 aliphatic carbocycles. The molecule has 26 heavy (non-hydrogen) atoms. The standard InChI is InChI=1S/C19H15ClFN3O2/c20-13-6-2-1-5-12(13)11-26-16-9-4-10-23-18(16)17-14(21)7-3-8-15(17)24-19(22)25/h1-10H,11H2,(H3,22,24,25). The van der Waals surface area contributed by atoms with Crippen LogP contribution < -0.4 is 15.8 Å². The molecule has 0 radical (unpaired) electrons. The Hall–Kier alpha value is -3.12. The van der Waals surface area contributed by atoms with Gasteiger partial charge in [-0.15, -0.1) is 0 Å². The fraction of sp³-hybridized carbons (Fsp3) is 0.0526. The molecule has 3 rings (SSSR count). The maximum Gasteiger partial charge on any atom is 0.316 e. The molecule has 0 fully saturated rings. The number of amides is 2. The predicted molar refractivity (Wildman–Crippen MR) is 98.6 cm³/mol. The molecule has 0 saturated carbocycles. The molecular weight excluding hydrogens is 357 g/mol. The van der Waals surface area contributed by atoms with E-state index in [9.17, 15) is 9.18 Å². The average Bonchev–Trinajstić information content (AvgIpc) is 2.61. The molecule has 0 bridgehead atoms. The summed E-state index contributed by atoms with van der Waals surface area (Å²) in [6.07, 6.45) is 1.51. The van der Waals surface area contributed by atoms with E-state index in [-0.39, 0.29) is 23.6 Å². The lowest BCUT2D eigenvalue weighted by Gasteiger charge is -2.15. The highest BCUT2D eigenvalue weighted by Crippen LogP contribution is 2.35. The third kappa shape index (κ3) is 3.92. The summed E-state index contributed by atoms with van der Waals surface area (Å²) in [6.45, 7) is 0.186. The zero-order valence-corrected chi connectivity index (χ0v) is 14.3. The summed E-state index contributed by atoms with van der Waals surface area (Å²) in [5.41, 5.74) is 6.51. The quantitative estimate of drug-likeness (QED) is 0.687.